The summed E-state index contributed by atoms with van der Waals surface area (Å²) < 4.78 is 35.6. The van der Waals surface area contributed by atoms with E-state index in [9.17, 15) is 13.2 Å². The van der Waals surface area contributed by atoms with Crippen molar-refractivity contribution in [2.75, 3.05) is 7.11 Å². The number of sulfone groups is 1. The number of methoxy groups -OCH3 is 1. The van der Waals surface area contributed by atoms with Crippen molar-refractivity contribution in [2.24, 2.45) is 0 Å². The van der Waals surface area contributed by atoms with Crippen molar-refractivity contribution in [1.82, 2.24) is 5.32 Å². The van der Waals surface area contributed by atoms with Gasteiger partial charge in [0.15, 0.2) is 15.6 Å². The number of rotatable bonds is 8. The van der Waals surface area contributed by atoms with E-state index in [2.05, 4.69) is 5.32 Å². The van der Waals surface area contributed by atoms with Crippen LogP contribution < -0.4 is 10.1 Å². The number of furan rings is 1. The standard InChI is InChI=1S/C23H25NO5S/c1-16-4-6-18(7-5-16)14-30(26,27)15-21-12-13-22(29-21)23(25)24-17(2)19-8-10-20(28-3)11-9-19/h4-13,17H,14-15H2,1-3H3,(H,24,25)/t17-/m1/s1. The van der Waals surface area contributed by atoms with Gasteiger partial charge in [-0.15, -0.1) is 0 Å². The van der Waals surface area contributed by atoms with E-state index >= 15 is 0 Å². The molecule has 7 heteroatoms. The van der Waals surface area contributed by atoms with E-state index in [0.29, 0.717) is 0 Å². The predicted molar refractivity (Wildman–Crippen MR) is 115 cm³/mol. The third-order valence-corrected chi connectivity index (χ3v) is 6.22. The lowest BCUT2D eigenvalue weighted by molar-refractivity contribution is 0.0910. The third-order valence-electron chi connectivity index (χ3n) is 4.72. The minimum Gasteiger partial charge on any atom is -0.497 e. The molecule has 1 amide bonds. The van der Waals surface area contributed by atoms with E-state index in [-0.39, 0.29) is 29.1 Å². The summed E-state index contributed by atoms with van der Waals surface area (Å²) in [7, 11) is -1.83. The van der Waals surface area contributed by atoms with E-state index < -0.39 is 15.7 Å². The van der Waals surface area contributed by atoms with Crippen LogP contribution >= 0.6 is 0 Å². The van der Waals surface area contributed by atoms with E-state index in [0.717, 1.165) is 22.4 Å². The van der Waals surface area contributed by atoms with Gasteiger partial charge in [0.05, 0.1) is 18.9 Å². The van der Waals surface area contributed by atoms with Crippen molar-refractivity contribution in [2.45, 2.75) is 31.4 Å². The zero-order valence-corrected chi connectivity index (χ0v) is 18.0. The quantitative estimate of drug-likeness (QED) is 0.582. The van der Waals surface area contributed by atoms with Gasteiger partial charge < -0.3 is 14.5 Å². The van der Waals surface area contributed by atoms with Crippen molar-refractivity contribution in [1.29, 1.82) is 0 Å². The Balaban J connectivity index is 1.61. The summed E-state index contributed by atoms with van der Waals surface area (Å²) in [4.78, 5) is 12.5. The molecule has 0 unspecified atom stereocenters. The molecule has 1 atom stereocenters. The number of carbonyl (C=O) groups excluding carboxylic acids is 1. The number of benzene rings is 2. The molecular weight excluding hydrogens is 402 g/mol. The van der Waals surface area contributed by atoms with Crippen LogP contribution in [0.2, 0.25) is 0 Å². The van der Waals surface area contributed by atoms with Crippen molar-refractivity contribution in [3.63, 3.8) is 0 Å². The smallest absolute Gasteiger partial charge is 0.287 e. The van der Waals surface area contributed by atoms with Gasteiger partial charge in [-0.05, 0) is 49.2 Å². The molecule has 6 nitrogen and oxygen atoms in total. The zero-order chi connectivity index (χ0) is 21.7. The normalized spacial score (nSPS) is 12.4. The van der Waals surface area contributed by atoms with Crippen molar-refractivity contribution >= 4 is 15.7 Å². The van der Waals surface area contributed by atoms with Gasteiger partial charge in [0.25, 0.3) is 5.91 Å². The maximum absolute atomic E-state index is 12.5. The molecule has 0 saturated carbocycles. The van der Waals surface area contributed by atoms with Gasteiger partial charge in [-0.1, -0.05) is 42.0 Å². The lowest BCUT2D eigenvalue weighted by atomic mass is 10.1. The minimum absolute atomic E-state index is 0.0794. The number of amides is 1. The van der Waals surface area contributed by atoms with Gasteiger partial charge >= 0.3 is 0 Å². The SMILES string of the molecule is COc1ccc([C@@H](C)NC(=O)c2ccc(CS(=O)(=O)Cc3ccc(C)cc3)o2)cc1. The van der Waals surface area contributed by atoms with E-state index in [1.165, 1.54) is 12.1 Å². The first-order valence-corrected chi connectivity index (χ1v) is 11.4. The highest BCUT2D eigenvalue weighted by atomic mass is 32.2. The minimum atomic E-state index is -3.42. The molecular formula is C23H25NO5S. The summed E-state index contributed by atoms with van der Waals surface area (Å²) in [6.45, 7) is 3.80. The Labute approximate surface area is 176 Å². The Morgan fingerprint density at radius 3 is 2.30 bits per heavy atom. The molecule has 0 spiro atoms. The monoisotopic (exact) mass is 427 g/mol. The zero-order valence-electron chi connectivity index (χ0n) is 17.2. The Bertz CT molecular complexity index is 1100. The largest absolute Gasteiger partial charge is 0.497 e. The average Bonchev–Trinajstić information content (AvgIpc) is 3.17. The molecule has 158 valence electrons. The molecule has 30 heavy (non-hydrogen) atoms. The van der Waals surface area contributed by atoms with Crippen LogP contribution in [0.3, 0.4) is 0 Å². The number of carbonyl (C=O) groups is 1. The first kappa shape index (κ1) is 21.6. The van der Waals surface area contributed by atoms with Gasteiger partial charge in [0.2, 0.25) is 0 Å². The van der Waals surface area contributed by atoms with Crippen LogP contribution in [0.1, 0.15) is 46.0 Å². The first-order chi connectivity index (χ1) is 14.3. The van der Waals surface area contributed by atoms with Gasteiger partial charge in [-0.3, -0.25) is 4.79 Å². The van der Waals surface area contributed by atoms with Crippen LogP contribution in [-0.4, -0.2) is 21.4 Å². The molecule has 0 radical (unpaired) electrons. The van der Waals surface area contributed by atoms with Gasteiger partial charge in [0.1, 0.15) is 17.3 Å². The Morgan fingerprint density at radius 2 is 1.67 bits per heavy atom. The molecule has 3 aromatic rings. The molecule has 1 heterocycles. The number of hydrogen-bond acceptors (Lipinski definition) is 5. The second-order valence-electron chi connectivity index (χ2n) is 7.25. The van der Waals surface area contributed by atoms with Crippen molar-refractivity contribution in [3.05, 3.63) is 88.9 Å². The Morgan fingerprint density at radius 1 is 1.00 bits per heavy atom. The lowest BCUT2D eigenvalue weighted by Gasteiger charge is -2.13. The van der Waals surface area contributed by atoms with Crippen LogP contribution in [0.4, 0.5) is 0 Å². The maximum Gasteiger partial charge on any atom is 0.287 e. The molecule has 0 aliphatic rings. The van der Waals surface area contributed by atoms with Gasteiger partial charge in [-0.25, -0.2) is 8.42 Å². The Kier molecular flexibility index (Phi) is 6.62. The molecule has 3 rings (SSSR count). The summed E-state index contributed by atoms with van der Waals surface area (Å²) in [5.41, 5.74) is 2.71. The van der Waals surface area contributed by atoms with Gasteiger partial charge in [0, 0.05) is 0 Å². The third kappa shape index (κ3) is 5.73. The van der Waals surface area contributed by atoms with E-state index in [4.69, 9.17) is 9.15 Å². The Hall–Kier alpha value is -3.06. The van der Waals surface area contributed by atoms with E-state index in [1.54, 1.807) is 19.2 Å². The molecule has 1 N–H and O–H groups in total. The van der Waals surface area contributed by atoms with Crippen molar-refractivity contribution < 1.29 is 22.4 Å². The lowest BCUT2D eigenvalue weighted by Crippen LogP contribution is -2.26. The van der Waals surface area contributed by atoms with Gasteiger partial charge in [-0.2, -0.15) is 0 Å². The summed E-state index contributed by atoms with van der Waals surface area (Å²) in [5, 5.41) is 2.85. The first-order valence-electron chi connectivity index (χ1n) is 9.55. The summed E-state index contributed by atoms with van der Waals surface area (Å²) in [6.07, 6.45) is 0. The van der Waals surface area contributed by atoms with Crippen LogP contribution in [-0.2, 0) is 21.3 Å². The summed E-state index contributed by atoms with van der Waals surface area (Å²) >= 11 is 0. The number of hydrogen-bond donors (Lipinski definition) is 1. The second kappa shape index (κ2) is 9.17. The second-order valence-corrected chi connectivity index (χ2v) is 9.32. The topological polar surface area (TPSA) is 85.6 Å². The fourth-order valence-electron chi connectivity index (χ4n) is 3.03. The van der Waals surface area contributed by atoms with Crippen LogP contribution in [0.15, 0.2) is 65.1 Å². The molecule has 0 saturated heterocycles. The highest BCUT2D eigenvalue weighted by molar-refractivity contribution is 7.89. The molecule has 1 aromatic heterocycles. The number of ether oxygens (including phenoxy) is 1. The molecule has 0 aliphatic heterocycles. The fraction of sp³-hybridized carbons (Fsp3) is 0.261. The van der Waals surface area contributed by atoms with Crippen LogP contribution in [0, 0.1) is 6.92 Å². The molecule has 0 fully saturated rings. The van der Waals surface area contributed by atoms with Crippen LogP contribution in [0.25, 0.3) is 0 Å². The van der Waals surface area contributed by atoms with Crippen molar-refractivity contribution in [3.8, 4) is 5.75 Å². The average molecular weight is 428 g/mol. The number of aryl methyl sites for hydroxylation is 1. The maximum atomic E-state index is 12.5. The number of nitrogens with one attached hydrogen (secondary N) is 1. The van der Waals surface area contributed by atoms with E-state index in [1.807, 2.05) is 50.2 Å². The molecule has 2 aromatic carbocycles. The highest BCUT2D eigenvalue weighted by Crippen LogP contribution is 2.19. The molecule has 0 aliphatic carbocycles. The predicted octanol–water partition coefficient (Wildman–Crippen LogP) is 4.20. The molecule has 0 bridgehead atoms. The van der Waals surface area contributed by atoms with Crippen LogP contribution in [0.5, 0.6) is 5.75 Å². The summed E-state index contributed by atoms with van der Waals surface area (Å²) in [6, 6.07) is 17.5. The summed E-state index contributed by atoms with van der Waals surface area (Å²) in [5.74, 6) is 0.312. The highest BCUT2D eigenvalue weighted by Gasteiger charge is 2.19. The fourth-order valence-corrected chi connectivity index (χ4v) is 4.42.